The third-order valence-corrected chi connectivity index (χ3v) is 0.573. The predicted octanol–water partition coefficient (Wildman–Crippen LogP) is 1.85. The maximum atomic E-state index is 3.50. The monoisotopic (exact) mass is 87.0 g/mol. The van der Waals surface area contributed by atoms with Crippen LogP contribution in [0.4, 0.5) is 0 Å². The largest absolute Gasteiger partial charge is 0.241 e. The van der Waals surface area contributed by atoms with E-state index >= 15 is 0 Å². The van der Waals surface area contributed by atoms with E-state index in [1.54, 1.807) is 0 Å². The van der Waals surface area contributed by atoms with Crippen molar-refractivity contribution in [1.82, 2.24) is 0 Å². The van der Waals surface area contributed by atoms with Crippen molar-refractivity contribution in [1.29, 1.82) is 0 Å². The van der Waals surface area contributed by atoms with Crippen molar-refractivity contribution in [3.8, 4) is 0 Å². The number of allylic oxidation sites excluding steroid dienone is 1. The van der Waals surface area contributed by atoms with Crippen molar-refractivity contribution in [2.24, 2.45) is 4.74 Å². The predicted molar refractivity (Wildman–Crippen MR) is 25.6 cm³/mol. The van der Waals surface area contributed by atoms with E-state index < -0.39 is 0 Å². The second-order valence-electron chi connectivity index (χ2n) is 0.847. The molecular formula is C3H6NP. The quantitative estimate of drug-likeness (QED) is 0.433. The standard InChI is InChI=1S/C3H6NP/c1-3(2)4-5/h5H,1H2,2H3. The fraction of sp³-hybridized carbons (Fsp3) is 0.333. The Labute approximate surface area is 34.0 Å². The molecule has 0 unspecified atom stereocenters. The van der Waals surface area contributed by atoms with E-state index in [0.717, 1.165) is 5.70 Å². The average Bonchev–Trinajstić information content (AvgIpc) is 1.38. The van der Waals surface area contributed by atoms with E-state index in [4.69, 9.17) is 0 Å². The Hall–Kier alpha value is -0.160. The fourth-order valence-corrected chi connectivity index (χ4v) is 0. The zero-order valence-electron chi connectivity index (χ0n) is 3.15. The van der Waals surface area contributed by atoms with E-state index in [-0.39, 0.29) is 0 Å². The molecule has 0 saturated carbocycles. The molecule has 0 aromatic heterocycles. The third-order valence-electron chi connectivity index (χ3n) is 0.191. The molecule has 0 radical (unpaired) electrons. The highest BCUT2D eigenvalue weighted by atomic mass is 31.0. The molecule has 0 rings (SSSR count). The van der Waals surface area contributed by atoms with E-state index in [9.17, 15) is 0 Å². The topological polar surface area (TPSA) is 12.4 Å². The Morgan fingerprint density at radius 2 is 2.20 bits per heavy atom. The third kappa shape index (κ3) is 3.84. The van der Waals surface area contributed by atoms with E-state index in [0.29, 0.717) is 0 Å². The van der Waals surface area contributed by atoms with Crippen LogP contribution in [-0.4, -0.2) is 0 Å². The highest BCUT2D eigenvalue weighted by molar-refractivity contribution is 7.04. The molecule has 0 aliphatic rings. The van der Waals surface area contributed by atoms with Crippen molar-refractivity contribution in [3.05, 3.63) is 12.3 Å². The zero-order valence-corrected chi connectivity index (χ0v) is 4.15. The Morgan fingerprint density at radius 1 is 2.00 bits per heavy atom. The summed E-state index contributed by atoms with van der Waals surface area (Å²) in [7, 11) is 2.88. The van der Waals surface area contributed by atoms with Gasteiger partial charge in [-0.1, -0.05) is 6.58 Å². The van der Waals surface area contributed by atoms with E-state index in [1.807, 2.05) is 6.92 Å². The molecule has 0 atom stereocenters. The van der Waals surface area contributed by atoms with Gasteiger partial charge in [0.05, 0.1) is 0 Å². The Kier molecular flexibility index (Phi) is 2.03. The van der Waals surface area contributed by atoms with Crippen molar-refractivity contribution < 1.29 is 0 Å². The molecule has 5 heavy (non-hydrogen) atoms. The minimum atomic E-state index is 0.793. The minimum absolute atomic E-state index is 0.793. The van der Waals surface area contributed by atoms with Crippen LogP contribution in [0.15, 0.2) is 17.0 Å². The Bertz CT molecular complexity index is 57.9. The SMILES string of the molecule is C=C(C)N=P. The lowest BCUT2D eigenvalue weighted by atomic mass is 10.6. The van der Waals surface area contributed by atoms with Crippen molar-refractivity contribution >= 4 is 9.03 Å². The molecule has 1 nitrogen and oxygen atoms in total. The van der Waals surface area contributed by atoms with Crippen LogP contribution in [0.5, 0.6) is 0 Å². The van der Waals surface area contributed by atoms with Gasteiger partial charge in [-0.25, -0.2) is 4.74 Å². The van der Waals surface area contributed by atoms with Crippen LogP contribution in [0.2, 0.25) is 0 Å². The molecule has 28 valence electrons. The first-order valence-electron chi connectivity index (χ1n) is 1.30. The zero-order chi connectivity index (χ0) is 4.28. The first-order chi connectivity index (χ1) is 2.27. The number of hydrogen-bond acceptors (Lipinski definition) is 1. The summed E-state index contributed by atoms with van der Waals surface area (Å²) in [5.41, 5.74) is 0.793. The van der Waals surface area contributed by atoms with Crippen LogP contribution in [0, 0.1) is 0 Å². The highest BCUT2D eigenvalue weighted by Gasteiger charge is 1.60. The summed E-state index contributed by atoms with van der Waals surface area (Å²) in [6.45, 7) is 5.27. The molecule has 0 heterocycles. The second-order valence-corrected chi connectivity index (χ2v) is 1.07. The fourth-order valence-electron chi connectivity index (χ4n) is 0. The smallest absolute Gasteiger partial charge is 0.0343 e. The summed E-state index contributed by atoms with van der Waals surface area (Å²) in [6, 6.07) is 0. The van der Waals surface area contributed by atoms with Gasteiger partial charge in [-0.2, -0.15) is 0 Å². The Balaban J connectivity index is 3.20. The van der Waals surface area contributed by atoms with Gasteiger partial charge in [0.2, 0.25) is 0 Å². The van der Waals surface area contributed by atoms with E-state index in [1.165, 1.54) is 0 Å². The molecular weight excluding hydrogens is 81.0 g/mol. The van der Waals surface area contributed by atoms with Crippen molar-refractivity contribution in [3.63, 3.8) is 0 Å². The van der Waals surface area contributed by atoms with Crippen LogP contribution in [-0.2, 0) is 0 Å². The number of nitrogens with zero attached hydrogens (tertiary/aromatic N) is 1. The van der Waals surface area contributed by atoms with Gasteiger partial charge in [0.15, 0.2) is 0 Å². The van der Waals surface area contributed by atoms with Gasteiger partial charge in [0.1, 0.15) is 0 Å². The van der Waals surface area contributed by atoms with Crippen LogP contribution in [0.3, 0.4) is 0 Å². The lowest BCUT2D eigenvalue weighted by Gasteiger charge is -1.71. The molecule has 0 bridgehead atoms. The summed E-state index contributed by atoms with van der Waals surface area (Å²) in [5.74, 6) is 0. The normalized spacial score (nSPS) is 6.60. The maximum Gasteiger partial charge on any atom is 0.0343 e. The van der Waals surface area contributed by atoms with Crippen molar-refractivity contribution in [2.75, 3.05) is 0 Å². The molecule has 0 aliphatic heterocycles. The van der Waals surface area contributed by atoms with Gasteiger partial charge >= 0.3 is 0 Å². The molecule has 0 amide bonds. The van der Waals surface area contributed by atoms with Crippen LogP contribution >= 0.6 is 9.03 Å². The maximum absolute atomic E-state index is 3.50. The molecule has 0 fully saturated rings. The summed E-state index contributed by atoms with van der Waals surface area (Å²) < 4.78 is 3.50. The molecule has 0 aliphatic carbocycles. The van der Waals surface area contributed by atoms with Crippen LogP contribution in [0.1, 0.15) is 6.92 Å². The number of hydrogen-bond donors (Lipinski definition) is 0. The van der Waals surface area contributed by atoms with Gasteiger partial charge in [-0.15, -0.1) is 0 Å². The van der Waals surface area contributed by atoms with Gasteiger partial charge < -0.3 is 0 Å². The molecule has 0 spiro atoms. The molecule has 0 aromatic carbocycles. The summed E-state index contributed by atoms with van der Waals surface area (Å²) in [5, 5.41) is 0. The van der Waals surface area contributed by atoms with E-state index in [2.05, 4.69) is 20.4 Å². The van der Waals surface area contributed by atoms with Gasteiger partial charge in [0.25, 0.3) is 0 Å². The minimum Gasteiger partial charge on any atom is -0.241 e. The van der Waals surface area contributed by atoms with Crippen molar-refractivity contribution in [2.45, 2.75) is 6.92 Å². The Morgan fingerprint density at radius 3 is 2.20 bits per heavy atom. The van der Waals surface area contributed by atoms with Gasteiger partial charge in [0, 0.05) is 5.70 Å². The number of rotatable bonds is 1. The summed E-state index contributed by atoms with van der Waals surface area (Å²) in [6.07, 6.45) is 0. The lowest BCUT2D eigenvalue weighted by Crippen LogP contribution is -1.47. The first-order valence-corrected chi connectivity index (χ1v) is 1.75. The average molecular weight is 87.1 g/mol. The van der Waals surface area contributed by atoms with Gasteiger partial charge in [-0.05, 0) is 16.0 Å². The molecule has 2 heteroatoms. The first kappa shape index (κ1) is 4.84. The van der Waals surface area contributed by atoms with Crippen LogP contribution in [0.25, 0.3) is 0 Å². The van der Waals surface area contributed by atoms with Crippen LogP contribution < -0.4 is 0 Å². The summed E-state index contributed by atoms with van der Waals surface area (Å²) in [4.78, 5) is 0. The second kappa shape index (κ2) is 2.10. The molecule has 0 N–H and O–H groups in total. The molecule has 0 aromatic rings. The molecule has 0 saturated heterocycles. The highest BCUT2D eigenvalue weighted by Crippen LogP contribution is 1.87. The summed E-state index contributed by atoms with van der Waals surface area (Å²) >= 11 is 0. The van der Waals surface area contributed by atoms with Gasteiger partial charge in [-0.3, -0.25) is 0 Å². The lowest BCUT2D eigenvalue weighted by molar-refractivity contribution is 1.37.